The van der Waals surface area contributed by atoms with Crippen LogP contribution in [0.2, 0.25) is 0 Å². The van der Waals surface area contributed by atoms with Crippen molar-refractivity contribution in [2.75, 3.05) is 0 Å². The zero-order valence-corrected chi connectivity index (χ0v) is 12.4. The van der Waals surface area contributed by atoms with Gasteiger partial charge < -0.3 is 0 Å². The first-order chi connectivity index (χ1) is 7.79. The molecule has 0 N–H and O–H groups in total. The van der Waals surface area contributed by atoms with E-state index in [1.807, 2.05) is 0 Å². The molecule has 0 radical (unpaired) electrons. The van der Waals surface area contributed by atoms with Gasteiger partial charge >= 0.3 is 0 Å². The summed E-state index contributed by atoms with van der Waals surface area (Å²) < 4.78 is 0. The highest BCUT2D eigenvalue weighted by molar-refractivity contribution is 5.27. The molecule has 0 aliphatic carbocycles. The molecule has 0 saturated carbocycles. The second kappa shape index (κ2) is 5.71. The summed E-state index contributed by atoms with van der Waals surface area (Å²) in [6, 6.07) is 9.18. The predicted octanol–water partition coefficient (Wildman–Crippen LogP) is 5.21. The van der Waals surface area contributed by atoms with Crippen LogP contribution in [-0.2, 0) is 11.8 Å². The maximum absolute atomic E-state index is 2.36. The Labute approximate surface area is 107 Å². The molecule has 0 fully saturated rings. The van der Waals surface area contributed by atoms with E-state index in [0.29, 0.717) is 0 Å². The molecule has 17 heavy (non-hydrogen) atoms. The minimum Gasteiger partial charge on any atom is -0.0628 e. The van der Waals surface area contributed by atoms with Gasteiger partial charge in [-0.25, -0.2) is 0 Å². The highest BCUT2D eigenvalue weighted by Gasteiger charge is 2.13. The van der Waals surface area contributed by atoms with Crippen molar-refractivity contribution in [3.8, 4) is 0 Å². The van der Waals surface area contributed by atoms with E-state index in [4.69, 9.17) is 0 Å². The summed E-state index contributed by atoms with van der Waals surface area (Å²) >= 11 is 0. The summed E-state index contributed by atoms with van der Waals surface area (Å²) in [5, 5.41) is 0. The van der Waals surface area contributed by atoms with E-state index < -0.39 is 0 Å². The lowest BCUT2D eigenvalue weighted by atomic mass is 9.85. The molecule has 1 aromatic carbocycles. The van der Waals surface area contributed by atoms with Crippen molar-refractivity contribution in [3.63, 3.8) is 0 Å². The summed E-state index contributed by atoms with van der Waals surface area (Å²) in [6.07, 6.45) is 2.53. The number of benzene rings is 1. The topological polar surface area (TPSA) is 0 Å². The van der Waals surface area contributed by atoms with Crippen molar-refractivity contribution in [3.05, 3.63) is 35.4 Å². The van der Waals surface area contributed by atoms with Gasteiger partial charge in [0.05, 0.1) is 0 Å². The average Bonchev–Trinajstić information content (AvgIpc) is 2.15. The van der Waals surface area contributed by atoms with Crippen molar-refractivity contribution in [1.82, 2.24) is 0 Å². The zero-order chi connectivity index (χ0) is 13.1. The van der Waals surface area contributed by atoms with Crippen LogP contribution >= 0.6 is 0 Å². The van der Waals surface area contributed by atoms with Gasteiger partial charge in [-0.3, -0.25) is 0 Å². The third kappa shape index (κ3) is 4.93. The van der Waals surface area contributed by atoms with E-state index >= 15 is 0 Å². The molecule has 0 heteroatoms. The molecule has 1 aromatic rings. The molecule has 0 saturated heterocycles. The van der Waals surface area contributed by atoms with Gasteiger partial charge in [0.25, 0.3) is 0 Å². The Bertz CT molecular complexity index is 324. The first-order valence-corrected chi connectivity index (χ1v) is 6.88. The molecule has 0 spiro atoms. The van der Waals surface area contributed by atoms with Crippen LogP contribution in [0.25, 0.3) is 0 Å². The molecule has 0 bridgehead atoms. The monoisotopic (exact) mass is 232 g/mol. The SMILES string of the molecule is CC(C)CC(C)Cc1ccc(C(C)(C)C)cc1. The fourth-order valence-corrected chi connectivity index (χ4v) is 2.43. The largest absolute Gasteiger partial charge is 0.0628 e. The van der Waals surface area contributed by atoms with Gasteiger partial charge in [-0.15, -0.1) is 0 Å². The lowest BCUT2D eigenvalue weighted by molar-refractivity contribution is 0.437. The van der Waals surface area contributed by atoms with Crippen LogP contribution in [-0.4, -0.2) is 0 Å². The molecule has 0 nitrogen and oxygen atoms in total. The molecule has 0 aliphatic heterocycles. The minimum atomic E-state index is 0.266. The van der Waals surface area contributed by atoms with Gasteiger partial charge in [-0.2, -0.15) is 0 Å². The standard InChI is InChI=1S/C17H28/c1-13(2)11-14(3)12-15-7-9-16(10-8-15)17(4,5)6/h7-10,13-14H,11-12H2,1-6H3. The van der Waals surface area contributed by atoms with Gasteiger partial charge in [0.1, 0.15) is 0 Å². The van der Waals surface area contributed by atoms with E-state index in [-0.39, 0.29) is 5.41 Å². The second-order valence-electron chi connectivity index (χ2n) is 6.89. The van der Waals surface area contributed by atoms with Gasteiger partial charge in [-0.1, -0.05) is 65.8 Å². The molecule has 0 heterocycles. The Morgan fingerprint density at radius 1 is 0.941 bits per heavy atom. The minimum absolute atomic E-state index is 0.266. The Kier molecular flexibility index (Phi) is 4.80. The van der Waals surface area contributed by atoms with Crippen LogP contribution in [0.3, 0.4) is 0 Å². The Balaban J connectivity index is 2.63. The fourth-order valence-electron chi connectivity index (χ4n) is 2.43. The first-order valence-electron chi connectivity index (χ1n) is 6.88. The lowest BCUT2D eigenvalue weighted by Crippen LogP contribution is -2.11. The maximum Gasteiger partial charge on any atom is -0.0132 e. The van der Waals surface area contributed by atoms with E-state index in [9.17, 15) is 0 Å². The smallest absolute Gasteiger partial charge is 0.0132 e. The van der Waals surface area contributed by atoms with E-state index in [1.54, 1.807) is 0 Å². The third-order valence-electron chi connectivity index (χ3n) is 3.28. The Hall–Kier alpha value is -0.780. The molecule has 1 rings (SSSR count). The van der Waals surface area contributed by atoms with Crippen molar-refractivity contribution in [2.45, 2.75) is 59.8 Å². The van der Waals surface area contributed by atoms with Crippen LogP contribution < -0.4 is 0 Å². The first kappa shape index (κ1) is 14.3. The van der Waals surface area contributed by atoms with Crippen LogP contribution in [0.15, 0.2) is 24.3 Å². The van der Waals surface area contributed by atoms with Gasteiger partial charge in [-0.05, 0) is 41.2 Å². The molecule has 0 aliphatic rings. The Morgan fingerprint density at radius 2 is 1.47 bits per heavy atom. The summed E-state index contributed by atoms with van der Waals surface area (Å²) in [4.78, 5) is 0. The van der Waals surface area contributed by atoms with Crippen LogP contribution in [0.1, 0.15) is 59.1 Å². The number of hydrogen-bond acceptors (Lipinski definition) is 0. The van der Waals surface area contributed by atoms with Crippen LogP contribution in [0.4, 0.5) is 0 Å². The van der Waals surface area contributed by atoms with E-state index in [0.717, 1.165) is 11.8 Å². The third-order valence-corrected chi connectivity index (χ3v) is 3.28. The van der Waals surface area contributed by atoms with Crippen LogP contribution in [0, 0.1) is 11.8 Å². The normalized spacial score (nSPS) is 14.1. The summed E-state index contributed by atoms with van der Waals surface area (Å²) in [5.74, 6) is 1.59. The highest BCUT2D eigenvalue weighted by Crippen LogP contribution is 2.23. The molecule has 96 valence electrons. The highest BCUT2D eigenvalue weighted by atomic mass is 14.2. The van der Waals surface area contributed by atoms with E-state index in [1.165, 1.54) is 24.0 Å². The molecule has 0 aromatic heterocycles. The molecular weight excluding hydrogens is 204 g/mol. The maximum atomic E-state index is 2.36. The van der Waals surface area contributed by atoms with Crippen molar-refractivity contribution in [2.24, 2.45) is 11.8 Å². The number of rotatable bonds is 4. The lowest BCUT2D eigenvalue weighted by Gasteiger charge is -2.20. The molecular formula is C17H28. The average molecular weight is 232 g/mol. The Morgan fingerprint density at radius 3 is 1.88 bits per heavy atom. The van der Waals surface area contributed by atoms with Gasteiger partial charge in [0.2, 0.25) is 0 Å². The van der Waals surface area contributed by atoms with Gasteiger partial charge in [0, 0.05) is 0 Å². The predicted molar refractivity (Wildman–Crippen MR) is 77.5 cm³/mol. The molecule has 1 unspecified atom stereocenters. The summed E-state index contributed by atoms with van der Waals surface area (Å²) in [7, 11) is 0. The van der Waals surface area contributed by atoms with Gasteiger partial charge in [0.15, 0.2) is 0 Å². The molecule has 1 atom stereocenters. The molecule has 0 amide bonds. The van der Waals surface area contributed by atoms with Crippen LogP contribution in [0.5, 0.6) is 0 Å². The van der Waals surface area contributed by atoms with Crippen molar-refractivity contribution < 1.29 is 0 Å². The fraction of sp³-hybridized carbons (Fsp3) is 0.647. The zero-order valence-electron chi connectivity index (χ0n) is 12.4. The van der Waals surface area contributed by atoms with E-state index in [2.05, 4.69) is 65.8 Å². The summed E-state index contributed by atoms with van der Waals surface area (Å²) in [6.45, 7) is 13.8. The van der Waals surface area contributed by atoms with Crippen molar-refractivity contribution in [1.29, 1.82) is 0 Å². The second-order valence-corrected chi connectivity index (χ2v) is 6.89. The van der Waals surface area contributed by atoms with Crippen molar-refractivity contribution >= 4 is 0 Å². The quantitative estimate of drug-likeness (QED) is 0.668. The summed E-state index contributed by atoms with van der Waals surface area (Å²) in [5.41, 5.74) is 3.17. The number of hydrogen-bond donors (Lipinski definition) is 0.